The minimum Gasteiger partial charge on any atom is -0.360 e. The predicted octanol–water partition coefficient (Wildman–Crippen LogP) is 2.94. The van der Waals surface area contributed by atoms with Crippen LogP contribution in [0, 0.1) is 0 Å². The molecule has 4 rings (SSSR count). The maximum Gasteiger partial charge on any atom is 0.273 e. The Morgan fingerprint density at radius 3 is 2.79 bits per heavy atom. The molecule has 0 atom stereocenters. The maximum atomic E-state index is 12.2. The quantitative estimate of drug-likeness (QED) is 0.781. The van der Waals surface area contributed by atoms with Crippen molar-refractivity contribution in [1.29, 1.82) is 0 Å². The summed E-state index contributed by atoms with van der Waals surface area (Å²) in [6, 6.07) is 9.37. The van der Waals surface area contributed by atoms with E-state index < -0.39 is 0 Å². The number of pyridine rings is 2. The second-order valence-corrected chi connectivity index (χ2v) is 5.86. The number of hydrogen-bond acceptors (Lipinski definition) is 5. The summed E-state index contributed by atoms with van der Waals surface area (Å²) in [4.78, 5) is 20.5. The summed E-state index contributed by atoms with van der Waals surface area (Å²) in [6.07, 6.45) is 7.43. The van der Waals surface area contributed by atoms with Gasteiger partial charge in [0.1, 0.15) is 5.76 Å². The molecule has 1 fully saturated rings. The number of carbonyl (C=O) groups is 1. The fourth-order valence-electron chi connectivity index (χ4n) is 2.49. The van der Waals surface area contributed by atoms with Crippen molar-refractivity contribution in [2.75, 3.05) is 0 Å². The van der Waals surface area contributed by atoms with Crippen LogP contribution >= 0.6 is 0 Å². The van der Waals surface area contributed by atoms with E-state index in [1.807, 2.05) is 24.3 Å². The van der Waals surface area contributed by atoms with Crippen molar-refractivity contribution in [2.45, 2.75) is 25.3 Å². The van der Waals surface area contributed by atoms with Crippen LogP contribution in [0.2, 0.25) is 0 Å². The molecule has 3 heterocycles. The molecule has 0 bridgehead atoms. The largest absolute Gasteiger partial charge is 0.360 e. The molecule has 0 aliphatic heterocycles. The zero-order valence-corrected chi connectivity index (χ0v) is 13.0. The lowest BCUT2D eigenvalue weighted by atomic mass is 10.1. The van der Waals surface area contributed by atoms with Crippen molar-refractivity contribution in [3.63, 3.8) is 0 Å². The number of carbonyl (C=O) groups excluding carboxylic acids is 1. The third kappa shape index (κ3) is 3.17. The highest BCUT2D eigenvalue weighted by molar-refractivity contribution is 5.92. The van der Waals surface area contributed by atoms with Gasteiger partial charge in [-0.05, 0) is 42.7 Å². The van der Waals surface area contributed by atoms with Gasteiger partial charge < -0.3 is 9.84 Å². The molecule has 1 amide bonds. The van der Waals surface area contributed by atoms with Crippen LogP contribution in [0.1, 0.15) is 40.6 Å². The average Bonchev–Trinajstić information content (AvgIpc) is 3.37. The third-order valence-electron chi connectivity index (χ3n) is 3.99. The van der Waals surface area contributed by atoms with Crippen molar-refractivity contribution >= 4 is 5.91 Å². The summed E-state index contributed by atoms with van der Waals surface area (Å²) in [5, 5.41) is 6.71. The van der Waals surface area contributed by atoms with Crippen molar-refractivity contribution in [1.82, 2.24) is 20.4 Å². The van der Waals surface area contributed by atoms with Gasteiger partial charge in [-0.1, -0.05) is 5.16 Å². The van der Waals surface area contributed by atoms with Gasteiger partial charge in [-0.15, -0.1) is 0 Å². The molecule has 3 aromatic rings. The van der Waals surface area contributed by atoms with E-state index in [0.717, 1.165) is 35.4 Å². The lowest BCUT2D eigenvalue weighted by Crippen LogP contribution is -2.23. The van der Waals surface area contributed by atoms with Crippen LogP contribution in [0.25, 0.3) is 11.3 Å². The minimum absolute atomic E-state index is 0.229. The lowest BCUT2D eigenvalue weighted by Gasteiger charge is -2.05. The first-order valence-corrected chi connectivity index (χ1v) is 7.90. The molecule has 0 spiro atoms. The van der Waals surface area contributed by atoms with Crippen LogP contribution in [-0.4, -0.2) is 21.0 Å². The van der Waals surface area contributed by atoms with Crippen LogP contribution in [-0.2, 0) is 6.54 Å². The predicted molar refractivity (Wildman–Crippen MR) is 87.1 cm³/mol. The number of amides is 1. The van der Waals surface area contributed by atoms with Gasteiger partial charge in [0.25, 0.3) is 5.91 Å². The average molecular weight is 320 g/mol. The van der Waals surface area contributed by atoms with Crippen molar-refractivity contribution in [3.8, 4) is 11.3 Å². The molecule has 120 valence electrons. The van der Waals surface area contributed by atoms with Gasteiger partial charge >= 0.3 is 0 Å². The van der Waals surface area contributed by atoms with Crippen LogP contribution < -0.4 is 5.32 Å². The molecule has 1 N–H and O–H groups in total. The molecule has 0 saturated heterocycles. The summed E-state index contributed by atoms with van der Waals surface area (Å²) in [7, 11) is 0. The summed E-state index contributed by atoms with van der Waals surface area (Å²) in [5.74, 6) is 1.03. The Bertz CT molecular complexity index is 856. The molecule has 1 saturated carbocycles. The summed E-state index contributed by atoms with van der Waals surface area (Å²) >= 11 is 0. The zero-order chi connectivity index (χ0) is 16.4. The molecule has 0 radical (unpaired) electrons. The van der Waals surface area contributed by atoms with Crippen molar-refractivity contribution < 1.29 is 9.32 Å². The van der Waals surface area contributed by atoms with Crippen LogP contribution in [0.15, 0.2) is 53.4 Å². The van der Waals surface area contributed by atoms with Crippen molar-refractivity contribution in [2.24, 2.45) is 0 Å². The van der Waals surface area contributed by atoms with Crippen LogP contribution in [0.5, 0.6) is 0 Å². The van der Waals surface area contributed by atoms with E-state index in [1.165, 1.54) is 0 Å². The zero-order valence-electron chi connectivity index (χ0n) is 13.0. The highest BCUT2D eigenvalue weighted by Crippen LogP contribution is 2.40. The van der Waals surface area contributed by atoms with Crippen LogP contribution in [0.4, 0.5) is 0 Å². The van der Waals surface area contributed by atoms with Crippen LogP contribution in [0.3, 0.4) is 0 Å². The second-order valence-electron chi connectivity index (χ2n) is 5.86. The van der Waals surface area contributed by atoms with Gasteiger partial charge in [0.15, 0.2) is 5.69 Å². The molecule has 24 heavy (non-hydrogen) atoms. The fourth-order valence-corrected chi connectivity index (χ4v) is 2.49. The first-order chi connectivity index (χ1) is 11.8. The van der Waals surface area contributed by atoms with Gasteiger partial charge in [0.05, 0.1) is 5.69 Å². The van der Waals surface area contributed by atoms with E-state index in [0.29, 0.717) is 18.2 Å². The Morgan fingerprint density at radius 1 is 1.17 bits per heavy atom. The molecule has 0 unspecified atom stereocenters. The first-order valence-electron chi connectivity index (χ1n) is 7.90. The number of nitrogens with zero attached hydrogens (tertiary/aromatic N) is 3. The summed E-state index contributed by atoms with van der Waals surface area (Å²) in [5.41, 5.74) is 3.14. The number of nitrogens with one attached hydrogen (secondary N) is 1. The van der Waals surface area contributed by atoms with E-state index in [9.17, 15) is 4.79 Å². The molecule has 6 heteroatoms. The molecule has 6 nitrogen and oxygen atoms in total. The fraction of sp³-hybridized carbons (Fsp3) is 0.222. The van der Waals surface area contributed by atoms with E-state index in [1.54, 1.807) is 24.7 Å². The van der Waals surface area contributed by atoms with E-state index in [-0.39, 0.29) is 5.91 Å². The SMILES string of the molecule is O=C(NCc1ccnc(-c2ccncc2)c1)c1cc(C2CC2)on1. The summed E-state index contributed by atoms with van der Waals surface area (Å²) < 4.78 is 5.21. The van der Waals surface area contributed by atoms with Gasteiger partial charge in [-0.25, -0.2) is 0 Å². The summed E-state index contributed by atoms with van der Waals surface area (Å²) in [6.45, 7) is 0.408. The number of rotatable bonds is 5. The maximum absolute atomic E-state index is 12.2. The molecule has 0 aromatic carbocycles. The first kappa shape index (κ1) is 14.6. The third-order valence-corrected chi connectivity index (χ3v) is 3.99. The second kappa shape index (κ2) is 6.23. The molecule has 1 aliphatic rings. The Hall–Kier alpha value is -3.02. The van der Waals surface area contributed by atoms with E-state index in [2.05, 4.69) is 20.4 Å². The Kier molecular flexibility index (Phi) is 3.78. The number of hydrogen-bond donors (Lipinski definition) is 1. The van der Waals surface area contributed by atoms with Gasteiger partial charge in [0, 0.05) is 42.7 Å². The molecular formula is C18H16N4O2. The standard InChI is InChI=1S/C18H16N4O2/c23-18(16-10-17(24-22-16)14-1-2-14)21-11-12-3-8-20-15(9-12)13-4-6-19-7-5-13/h3-10,14H,1-2,11H2,(H,21,23). The lowest BCUT2D eigenvalue weighted by molar-refractivity contribution is 0.0941. The van der Waals surface area contributed by atoms with Gasteiger partial charge in [-0.3, -0.25) is 14.8 Å². The smallest absolute Gasteiger partial charge is 0.273 e. The Morgan fingerprint density at radius 2 is 2.00 bits per heavy atom. The molecule has 1 aliphatic carbocycles. The monoisotopic (exact) mass is 320 g/mol. The highest BCUT2D eigenvalue weighted by Gasteiger charge is 2.28. The molecule has 3 aromatic heterocycles. The van der Waals surface area contributed by atoms with E-state index in [4.69, 9.17) is 4.52 Å². The topological polar surface area (TPSA) is 80.9 Å². The highest BCUT2D eigenvalue weighted by atomic mass is 16.5. The van der Waals surface area contributed by atoms with Crippen molar-refractivity contribution in [3.05, 3.63) is 65.9 Å². The molecular weight excluding hydrogens is 304 g/mol. The normalized spacial score (nSPS) is 13.7. The number of aromatic nitrogens is 3. The minimum atomic E-state index is -0.229. The van der Waals surface area contributed by atoms with Gasteiger partial charge in [0.2, 0.25) is 0 Å². The Labute approximate surface area is 138 Å². The van der Waals surface area contributed by atoms with E-state index >= 15 is 0 Å². The Balaban J connectivity index is 1.42. The van der Waals surface area contributed by atoms with Gasteiger partial charge in [-0.2, -0.15) is 0 Å².